The van der Waals surface area contributed by atoms with Crippen molar-refractivity contribution >= 4 is 10.0 Å². The SMILES string of the molecule is C[C@H](O)CNS(=O)(=O)c1ccc(C(C)(C)C)cc1. The molecule has 0 spiro atoms. The third-order valence-electron chi connectivity index (χ3n) is 2.60. The molecule has 0 amide bonds. The molecule has 2 N–H and O–H groups in total. The van der Waals surface area contributed by atoms with E-state index in [1.54, 1.807) is 12.1 Å². The van der Waals surface area contributed by atoms with Gasteiger partial charge in [0.05, 0.1) is 11.0 Å². The van der Waals surface area contributed by atoms with Gasteiger partial charge >= 0.3 is 0 Å². The summed E-state index contributed by atoms with van der Waals surface area (Å²) in [7, 11) is -3.53. The summed E-state index contributed by atoms with van der Waals surface area (Å²) in [5, 5.41) is 9.09. The molecule has 18 heavy (non-hydrogen) atoms. The maximum Gasteiger partial charge on any atom is 0.240 e. The Morgan fingerprint density at radius 3 is 2.11 bits per heavy atom. The maximum absolute atomic E-state index is 11.9. The minimum absolute atomic E-state index is 0.00463. The van der Waals surface area contributed by atoms with E-state index in [0.29, 0.717) is 0 Å². The van der Waals surface area contributed by atoms with Crippen LogP contribution in [0.25, 0.3) is 0 Å². The molecule has 1 aromatic carbocycles. The predicted octanol–water partition coefficient (Wildman–Crippen LogP) is 1.64. The summed E-state index contributed by atoms with van der Waals surface area (Å²) in [5.74, 6) is 0. The van der Waals surface area contributed by atoms with Crippen molar-refractivity contribution in [3.8, 4) is 0 Å². The molecule has 0 heterocycles. The molecule has 0 aromatic heterocycles. The van der Waals surface area contributed by atoms with Gasteiger partial charge in [0.1, 0.15) is 0 Å². The van der Waals surface area contributed by atoms with Crippen LogP contribution in [0.4, 0.5) is 0 Å². The number of aliphatic hydroxyl groups excluding tert-OH is 1. The largest absolute Gasteiger partial charge is 0.392 e. The number of sulfonamides is 1. The van der Waals surface area contributed by atoms with Crippen LogP contribution >= 0.6 is 0 Å². The Morgan fingerprint density at radius 2 is 1.72 bits per heavy atom. The zero-order valence-electron chi connectivity index (χ0n) is 11.3. The number of aliphatic hydroxyl groups is 1. The van der Waals surface area contributed by atoms with Crippen LogP contribution < -0.4 is 4.72 Å². The van der Waals surface area contributed by atoms with Gasteiger partial charge in [-0.1, -0.05) is 32.9 Å². The zero-order chi connectivity index (χ0) is 14.0. The molecule has 0 aliphatic rings. The second-order valence-corrected chi connectivity index (χ2v) is 7.24. The number of hydrogen-bond donors (Lipinski definition) is 2. The van der Waals surface area contributed by atoms with Crippen LogP contribution in [0.1, 0.15) is 33.3 Å². The normalized spacial score (nSPS) is 14.5. The Hall–Kier alpha value is -0.910. The van der Waals surface area contributed by atoms with Crippen molar-refractivity contribution in [2.75, 3.05) is 6.54 Å². The van der Waals surface area contributed by atoms with Crippen molar-refractivity contribution in [3.05, 3.63) is 29.8 Å². The summed E-state index contributed by atoms with van der Waals surface area (Å²) >= 11 is 0. The molecule has 0 radical (unpaired) electrons. The average molecular weight is 271 g/mol. The fraction of sp³-hybridized carbons (Fsp3) is 0.538. The Balaban J connectivity index is 2.91. The standard InChI is InChI=1S/C13H21NO3S/c1-10(15)9-14-18(16,17)12-7-5-11(6-8-12)13(2,3)4/h5-8,10,14-15H,9H2,1-4H3/t10-/m0/s1. The van der Waals surface area contributed by atoms with Crippen molar-refractivity contribution in [2.24, 2.45) is 0 Å². The van der Waals surface area contributed by atoms with E-state index in [4.69, 9.17) is 5.11 Å². The van der Waals surface area contributed by atoms with Crippen LogP contribution in [0.2, 0.25) is 0 Å². The highest BCUT2D eigenvalue weighted by molar-refractivity contribution is 7.89. The Kier molecular flexibility index (Phi) is 4.53. The van der Waals surface area contributed by atoms with Gasteiger partial charge in [-0.3, -0.25) is 0 Å². The van der Waals surface area contributed by atoms with E-state index in [-0.39, 0.29) is 16.9 Å². The third kappa shape index (κ3) is 4.08. The molecule has 1 atom stereocenters. The van der Waals surface area contributed by atoms with Gasteiger partial charge in [-0.05, 0) is 30.0 Å². The second kappa shape index (κ2) is 5.38. The molecule has 0 unspecified atom stereocenters. The lowest BCUT2D eigenvalue weighted by molar-refractivity contribution is 0.198. The molecular formula is C13H21NO3S. The highest BCUT2D eigenvalue weighted by atomic mass is 32.2. The Bertz CT molecular complexity index is 484. The summed E-state index contributed by atoms with van der Waals surface area (Å²) in [5.41, 5.74) is 1.08. The van der Waals surface area contributed by atoms with Gasteiger partial charge in [0.2, 0.25) is 10.0 Å². The molecule has 0 saturated heterocycles. The summed E-state index contributed by atoms with van der Waals surface area (Å²) in [6.45, 7) is 7.77. The summed E-state index contributed by atoms with van der Waals surface area (Å²) in [6, 6.07) is 6.81. The van der Waals surface area contributed by atoms with Crippen LogP contribution in [-0.2, 0) is 15.4 Å². The summed E-state index contributed by atoms with van der Waals surface area (Å²) in [4.78, 5) is 0.219. The predicted molar refractivity (Wildman–Crippen MR) is 72.0 cm³/mol. The average Bonchev–Trinajstić information content (AvgIpc) is 2.26. The first-order valence-electron chi connectivity index (χ1n) is 5.91. The van der Waals surface area contributed by atoms with Crippen molar-refractivity contribution in [2.45, 2.75) is 44.1 Å². The third-order valence-corrected chi connectivity index (χ3v) is 4.04. The van der Waals surface area contributed by atoms with Gasteiger partial charge in [0, 0.05) is 6.54 Å². The topological polar surface area (TPSA) is 66.4 Å². The molecule has 1 aromatic rings. The van der Waals surface area contributed by atoms with E-state index in [1.165, 1.54) is 6.92 Å². The van der Waals surface area contributed by atoms with Gasteiger partial charge in [0.15, 0.2) is 0 Å². The molecule has 5 heteroatoms. The number of nitrogens with one attached hydrogen (secondary N) is 1. The van der Waals surface area contributed by atoms with Crippen molar-refractivity contribution in [1.82, 2.24) is 4.72 Å². The van der Waals surface area contributed by atoms with Gasteiger partial charge in [-0.15, -0.1) is 0 Å². The van der Waals surface area contributed by atoms with Crippen LogP contribution in [0.15, 0.2) is 29.2 Å². The zero-order valence-corrected chi connectivity index (χ0v) is 12.1. The quantitative estimate of drug-likeness (QED) is 0.875. The molecule has 0 saturated carbocycles. The van der Waals surface area contributed by atoms with Crippen LogP contribution in [0.3, 0.4) is 0 Å². The molecule has 102 valence electrons. The fourth-order valence-corrected chi connectivity index (χ4v) is 2.57. The van der Waals surface area contributed by atoms with Gasteiger partial charge in [0.25, 0.3) is 0 Å². The van der Waals surface area contributed by atoms with E-state index in [0.717, 1.165) is 5.56 Å². The van der Waals surface area contributed by atoms with Crippen LogP contribution in [0.5, 0.6) is 0 Å². The van der Waals surface area contributed by atoms with Crippen molar-refractivity contribution in [3.63, 3.8) is 0 Å². The van der Waals surface area contributed by atoms with E-state index >= 15 is 0 Å². The monoisotopic (exact) mass is 271 g/mol. The molecule has 1 rings (SSSR count). The molecule has 0 bridgehead atoms. The lowest BCUT2D eigenvalue weighted by Crippen LogP contribution is -2.30. The number of rotatable bonds is 4. The summed E-state index contributed by atoms with van der Waals surface area (Å²) in [6.07, 6.45) is -0.700. The number of hydrogen-bond acceptors (Lipinski definition) is 3. The summed E-state index contributed by atoms with van der Waals surface area (Å²) < 4.78 is 26.1. The first-order valence-corrected chi connectivity index (χ1v) is 7.39. The minimum Gasteiger partial charge on any atom is -0.392 e. The smallest absolute Gasteiger partial charge is 0.240 e. The molecule has 4 nitrogen and oxygen atoms in total. The molecule has 0 aliphatic carbocycles. The Morgan fingerprint density at radius 1 is 1.22 bits per heavy atom. The lowest BCUT2D eigenvalue weighted by Gasteiger charge is -2.19. The van der Waals surface area contributed by atoms with Gasteiger partial charge in [-0.2, -0.15) is 0 Å². The van der Waals surface area contributed by atoms with Crippen LogP contribution in [0, 0.1) is 0 Å². The highest BCUT2D eigenvalue weighted by Crippen LogP contribution is 2.23. The van der Waals surface area contributed by atoms with Crippen molar-refractivity contribution < 1.29 is 13.5 Å². The van der Waals surface area contributed by atoms with E-state index in [1.807, 2.05) is 12.1 Å². The molecule has 0 fully saturated rings. The number of benzene rings is 1. The Labute approximate surface area is 109 Å². The van der Waals surface area contributed by atoms with Crippen LogP contribution in [-0.4, -0.2) is 26.2 Å². The van der Waals surface area contributed by atoms with Gasteiger partial charge < -0.3 is 5.11 Å². The second-order valence-electron chi connectivity index (χ2n) is 5.48. The first kappa shape index (κ1) is 15.1. The van der Waals surface area contributed by atoms with E-state index in [2.05, 4.69) is 25.5 Å². The fourth-order valence-electron chi connectivity index (χ4n) is 1.45. The highest BCUT2D eigenvalue weighted by Gasteiger charge is 2.17. The molecule has 0 aliphatic heterocycles. The van der Waals surface area contributed by atoms with Crippen molar-refractivity contribution in [1.29, 1.82) is 0 Å². The maximum atomic E-state index is 11.9. The van der Waals surface area contributed by atoms with E-state index in [9.17, 15) is 8.42 Å². The first-order chi connectivity index (χ1) is 8.13. The van der Waals surface area contributed by atoms with E-state index < -0.39 is 16.1 Å². The minimum atomic E-state index is -3.53. The molecular weight excluding hydrogens is 250 g/mol. The lowest BCUT2D eigenvalue weighted by atomic mass is 9.87. The van der Waals surface area contributed by atoms with Gasteiger partial charge in [-0.25, -0.2) is 13.1 Å².